The third-order valence-corrected chi connectivity index (χ3v) is 2.64. The van der Waals surface area contributed by atoms with Crippen LogP contribution >= 0.6 is 0 Å². The number of aryl methyl sites for hydroxylation is 1. The zero-order valence-corrected chi connectivity index (χ0v) is 13.5. The summed E-state index contributed by atoms with van der Waals surface area (Å²) in [7, 11) is 0. The van der Waals surface area contributed by atoms with Gasteiger partial charge < -0.3 is 19.8 Å². The van der Waals surface area contributed by atoms with E-state index in [-0.39, 0.29) is 6.54 Å². The molecule has 2 N–H and O–H groups in total. The highest BCUT2D eigenvalue weighted by molar-refractivity contribution is 5.67. The average Bonchev–Trinajstić information content (AvgIpc) is 2.82. The topological polar surface area (TPSA) is 63.5 Å². The van der Waals surface area contributed by atoms with Crippen LogP contribution in [0, 0.1) is 0 Å². The number of alkyl carbamates (subject to hydrolysis) is 1. The molecule has 126 valence electrons. The summed E-state index contributed by atoms with van der Waals surface area (Å²) in [5.41, 5.74) is -0.714. The second kappa shape index (κ2) is 7.58. The van der Waals surface area contributed by atoms with Gasteiger partial charge in [-0.1, -0.05) is 6.92 Å². The van der Waals surface area contributed by atoms with Crippen molar-refractivity contribution in [2.45, 2.75) is 52.2 Å². The lowest BCUT2D eigenvalue weighted by Crippen LogP contribution is -2.44. The van der Waals surface area contributed by atoms with Crippen molar-refractivity contribution in [1.82, 2.24) is 10.6 Å². The molecular weight excluding hydrogens is 294 g/mol. The Morgan fingerprint density at radius 3 is 2.41 bits per heavy atom. The van der Waals surface area contributed by atoms with Gasteiger partial charge in [-0.25, -0.2) is 13.6 Å². The number of alkyl halides is 2. The zero-order chi connectivity index (χ0) is 16.8. The number of halogens is 2. The summed E-state index contributed by atoms with van der Waals surface area (Å²) in [5.74, 6) is -1.65. The summed E-state index contributed by atoms with van der Waals surface area (Å²) in [5, 5.41) is 4.68. The van der Waals surface area contributed by atoms with Gasteiger partial charge in [0, 0.05) is 6.42 Å². The molecule has 22 heavy (non-hydrogen) atoms. The van der Waals surface area contributed by atoms with E-state index < -0.39 is 30.7 Å². The molecule has 0 saturated carbocycles. The molecule has 0 bridgehead atoms. The van der Waals surface area contributed by atoms with E-state index in [1.165, 1.54) is 0 Å². The molecule has 1 amide bonds. The van der Waals surface area contributed by atoms with Crippen LogP contribution in [0.4, 0.5) is 13.6 Å². The van der Waals surface area contributed by atoms with E-state index in [1.807, 2.05) is 13.0 Å². The van der Waals surface area contributed by atoms with Gasteiger partial charge in [0.2, 0.25) is 0 Å². The van der Waals surface area contributed by atoms with E-state index in [9.17, 15) is 13.6 Å². The summed E-state index contributed by atoms with van der Waals surface area (Å²) in [6, 6.07) is 3.57. The number of carbonyl (C=O) groups is 1. The van der Waals surface area contributed by atoms with E-state index in [4.69, 9.17) is 9.15 Å². The summed E-state index contributed by atoms with van der Waals surface area (Å²) in [4.78, 5) is 11.3. The first-order valence-electron chi connectivity index (χ1n) is 7.24. The van der Waals surface area contributed by atoms with Crippen LogP contribution in [0.2, 0.25) is 0 Å². The lowest BCUT2D eigenvalue weighted by atomic mass is 10.2. The van der Waals surface area contributed by atoms with Gasteiger partial charge in [0.05, 0.1) is 19.6 Å². The van der Waals surface area contributed by atoms with Crippen molar-refractivity contribution in [3.8, 4) is 0 Å². The largest absolute Gasteiger partial charge is 0.465 e. The van der Waals surface area contributed by atoms with Crippen molar-refractivity contribution in [1.29, 1.82) is 0 Å². The molecule has 7 heteroatoms. The van der Waals surface area contributed by atoms with Crippen molar-refractivity contribution in [3.63, 3.8) is 0 Å². The Kier molecular flexibility index (Phi) is 6.34. The maximum Gasteiger partial charge on any atom is 0.407 e. The van der Waals surface area contributed by atoms with Crippen LogP contribution in [0.1, 0.15) is 39.2 Å². The molecule has 1 aromatic rings. The maximum absolute atomic E-state index is 13.6. The van der Waals surface area contributed by atoms with Crippen LogP contribution in [-0.4, -0.2) is 30.7 Å². The molecule has 0 unspecified atom stereocenters. The van der Waals surface area contributed by atoms with Crippen LogP contribution < -0.4 is 10.6 Å². The Balaban J connectivity index is 2.29. The van der Waals surface area contributed by atoms with Crippen LogP contribution in [0.25, 0.3) is 0 Å². The molecule has 1 heterocycles. The number of furan rings is 1. The molecule has 0 aromatic carbocycles. The van der Waals surface area contributed by atoms with Crippen molar-refractivity contribution in [2.24, 2.45) is 0 Å². The molecule has 1 aromatic heterocycles. The van der Waals surface area contributed by atoms with Crippen molar-refractivity contribution >= 4 is 6.09 Å². The smallest absolute Gasteiger partial charge is 0.407 e. The van der Waals surface area contributed by atoms with Gasteiger partial charge in [-0.15, -0.1) is 0 Å². The molecule has 0 aliphatic rings. The quantitative estimate of drug-likeness (QED) is 0.811. The normalized spacial score (nSPS) is 12.3. The first kappa shape index (κ1) is 18.4. The standard InChI is InChI=1S/C15H24F2N2O3/c1-5-11-6-7-12(21-11)8-18-9-15(16,17)10-19-13(20)22-14(2,3)4/h6-7,18H,5,8-10H2,1-4H3,(H,19,20). The molecular formula is C15H24F2N2O3. The van der Waals surface area contributed by atoms with Crippen LogP contribution in [0.5, 0.6) is 0 Å². The summed E-state index contributed by atoms with van der Waals surface area (Å²) >= 11 is 0. The molecule has 5 nitrogen and oxygen atoms in total. The molecule has 1 rings (SSSR count). The highest BCUT2D eigenvalue weighted by atomic mass is 19.3. The van der Waals surface area contributed by atoms with E-state index in [1.54, 1.807) is 26.8 Å². The Morgan fingerprint density at radius 1 is 1.23 bits per heavy atom. The monoisotopic (exact) mass is 318 g/mol. The second-order valence-electron chi connectivity index (χ2n) is 6.04. The molecule has 0 fully saturated rings. The molecule has 0 spiro atoms. The Bertz CT molecular complexity index is 481. The minimum atomic E-state index is -3.07. The van der Waals surface area contributed by atoms with Gasteiger partial charge in [-0.2, -0.15) is 0 Å². The Morgan fingerprint density at radius 2 is 1.86 bits per heavy atom. The maximum atomic E-state index is 13.6. The van der Waals surface area contributed by atoms with Gasteiger partial charge in [0.1, 0.15) is 17.1 Å². The third-order valence-electron chi connectivity index (χ3n) is 2.64. The van der Waals surface area contributed by atoms with E-state index in [0.29, 0.717) is 5.76 Å². The number of rotatable bonds is 7. The SMILES string of the molecule is CCc1ccc(CNCC(F)(F)CNC(=O)OC(C)(C)C)o1. The van der Waals surface area contributed by atoms with Gasteiger partial charge in [0.25, 0.3) is 5.92 Å². The number of hydrogen-bond acceptors (Lipinski definition) is 4. The van der Waals surface area contributed by atoms with Gasteiger partial charge >= 0.3 is 6.09 Å². The van der Waals surface area contributed by atoms with Crippen molar-refractivity contribution < 1.29 is 22.7 Å². The summed E-state index contributed by atoms with van der Waals surface area (Å²) < 4.78 is 37.6. The highest BCUT2D eigenvalue weighted by Gasteiger charge is 2.30. The number of nitrogens with one attached hydrogen (secondary N) is 2. The fraction of sp³-hybridized carbons (Fsp3) is 0.667. The second-order valence-corrected chi connectivity index (χ2v) is 6.04. The fourth-order valence-corrected chi connectivity index (χ4v) is 1.65. The zero-order valence-electron chi connectivity index (χ0n) is 13.5. The first-order chi connectivity index (χ1) is 10.1. The van der Waals surface area contributed by atoms with Crippen molar-refractivity contribution in [3.05, 3.63) is 23.7 Å². The van der Waals surface area contributed by atoms with E-state index in [2.05, 4.69) is 10.6 Å². The Labute approximate surface area is 129 Å². The number of carbonyl (C=O) groups excluding carboxylic acids is 1. The molecule has 0 aliphatic carbocycles. The Hall–Kier alpha value is -1.63. The van der Waals surface area contributed by atoms with Gasteiger partial charge in [0.15, 0.2) is 0 Å². The number of amides is 1. The van der Waals surface area contributed by atoms with E-state index in [0.717, 1.165) is 12.2 Å². The lowest BCUT2D eigenvalue weighted by Gasteiger charge is -2.22. The lowest BCUT2D eigenvalue weighted by molar-refractivity contribution is -0.00404. The number of ether oxygens (including phenoxy) is 1. The third kappa shape index (κ3) is 7.40. The minimum absolute atomic E-state index is 0.210. The predicted molar refractivity (Wildman–Crippen MR) is 79.0 cm³/mol. The van der Waals surface area contributed by atoms with Crippen LogP contribution in [0.3, 0.4) is 0 Å². The fourth-order valence-electron chi connectivity index (χ4n) is 1.65. The van der Waals surface area contributed by atoms with Gasteiger partial charge in [-0.05, 0) is 32.9 Å². The number of hydrogen-bond donors (Lipinski definition) is 2. The molecule has 0 atom stereocenters. The average molecular weight is 318 g/mol. The van der Waals surface area contributed by atoms with E-state index >= 15 is 0 Å². The summed E-state index contributed by atoms with van der Waals surface area (Å²) in [6.07, 6.45) is -0.0959. The first-order valence-corrected chi connectivity index (χ1v) is 7.24. The molecule has 0 saturated heterocycles. The summed E-state index contributed by atoms with van der Waals surface area (Å²) in [6.45, 7) is 5.81. The van der Waals surface area contributed by atoms with Crippen LogP contribution in [-0.2, 0) is 17.7 Å². The van der Waals surface area contributed by atoms with Crippen LogP contribution in [0.15, 0.2) is 16.5 Å². The van der Waals surface area contributed by atoms with Gasteiger partial charge in [-0.3, -0.25) is 0 Å². The highest BCUT2D eigenvalue weighted by Crippen LogP contribution is 2.13. The molecule has 0 aliphatic heterocycles. The predicted octanol–water partition coefficient (Wildman–Crippen LogP) is 3.09. The molecule has 0 radical (unpaired) electrons. The van der Waals surface area contributed by atoms with Crippen molar-refractivity contribution in [2.75, 3.05) is 13.1 Å². The minimum Gasteiger partial charge on any atom is -0.465 e.